The number of aliphatic hydroxyl groups is 2. The third-order valence-electron chi connectivity index (χ3n) is 7.51. The van der Waals surface area contributed by atoms with E-state index in [1.54, 1.807) is 13.0 Å². The highest BCUT2D eigenvalue weighted by Crippen LogP contribution is 2.60. The van der Waals surface area contributed by atoms with Crippen LogP contribution in [-0.4, -0.2) is 33.5 Å². The summed E-state index contributed by atoms with van der Waals surface area (Å²) in [7, 11) is 0. The van der Waals surface area contributed by atoms with Crippen molar-refractivity contribution in [3.05, 3.63) is 11.6 Å². The second-order valence-electron chi connectivity index (χ2n) is 8.65. The third-order valence-corrected chi connectivity index (χ3v) is 7.51. The van der Waals surface area contributed by atoms with Crippen LogP contribution >= 0.6 is 0 Å². The summed E-state index contributed by atoms with van der Waals surface area (Å²) in [5, 5.41) is 22.2. The van der Waals surface area contributed by atoms with Crippen molar-refractivity contribution in [1.29, 1.82) is 0 Å². The van der Waals surface area contributed by atoms with Gasteiger partial charge < -0.3 is 10.2 Å². The standard InChI is InChI=1S/C19H26O4/c1-18-9-15(21)17-12(13(18)5-6-16(18)22)4-3-10-7-11(20)8-14(10)19(17,2)23/h7,12-15,17,21,23H,3-6,8-9H2,1-2H3. The molecule has 0 aromatic carbocycles. The summed E-state index contributed by atoms with van der Waals surface area (Å²) in [5.74, 6) is 0.375. The lowest BCUT2D eigenvalue weighted by molar-refractivity contribution is -0.166. The Morgan fingerprint density at radius 3 is 2.65 bits per heavy atom. The fraction of sp³-hybridized carbons (Fsp3) is 0.789. The van der Waals surface area contributed by atoms with E-state index in [1.165, 1.54) is 0 Å². The van der Waals surface area contributed by atoms with Crippen molar-refractivity contribution in [3.63, 3.8) is 0 Å². The molecule has 23 heavy (non-hydrogen) atoms. The smallest absolute Gasteiger partial charge is 0.156 e. The first-order valence-electron chi connectivity index (χ1n) is 8.92. The highest BCUT2D eigenvalue weighted by atomic mass is 16.3. The summed E-state index contributed by atoms with van der Waals surface area (Å²) in [6.45, 7) is 3.81. The second-order valence-corrected chi connectivity index (χ2v) is 8.65. The zero-order chi connectivity index (χ0) is 16.6. The lowest BCUT2D eigenvalue weighted by Crippen LogP contribution is -2.57. The zero-order valence-corrected chi connectivity index (χ0v) is 13.9. The molecule has 126 valence electrons. The van der Waals surface area contributed by atoms with Crippen molar-refractivity contribution >= 4 is 11.6 Å². The van der Waals surface area contributed by atoms with E-state index in [0.717, 1.165) is 24.8 Å². The van der Waals surface area contributed by atoms with E-state index in [4.69, 9.17) is 0 Å². The Bertz CT molecular complexity index is 604. The van der Waals surface area contributed by atoms with Crippen LogP contribution in [0.25, 0.3) is 0 Å². The Kier molecular flexibility index (Phi) is 3.21. The topological polar surface area (TPSA) is 74.6 Å². The molecular formula is C19H26O4. The number of carbonyl (C=O) groups is 2. The van der Waals surface area contributed by atoms with Crippen LogP contribution in [0.5, 0.6) is 0 Å². The molecule has 4 nitrogen and oxygen atoms in total. The summed E-state index contributed by atoms with van der Waals surface area (Å²) < 4.78 is 0. The predicted octanol–water partition coefficient (Wildman–Crippen LogP) is 2.03. The number of hydrogen-bond acceptors (Lipinski definition) is 4. The average molecular weight is 318 g/mol. The molecule has 3 saturated carbocycles. The SMILES string of the molecule is CC12CC(O)C3C(CCC4=CC(=O)CC4C3(C)O)C1CCC2=O. The largest absolute Gasteiger partial charge is 0.393 e. The number of rotatable bonds is 0. The van der Waals surface area contributed by atoms with E-state index in [9.17, 15) is 19.8 Å². The van der Waals surface area contributed by atoms with Crippen molar-refractivity contribution in [1.82, 2.24) is 0 Å². The Morgan fingerprint density at radius 2 is 1.91 bits per heavy atom. The number of ketones is 2. The van der Waals surface area contributed by atoms with Crippen LogP contribution in [0.4, 0.5) is 0 Å². The van der Waals surface area contributed by atoms with Crippen molar-refractivity contribution in [2.24, 2.45) is 29.1 Å². The first-order valence-corrected chi connectivity index (χ1v) is 8.92. The van der Waals surface area contributed by atoms with Crippen LogP contribution in [0, 0.1) is 29.1 Å². The maximum absolute atomic E-state index is 12.4. The number of aliphatic hydroxyl groups excluding tert-OH is 1. The molecule has 0 spiro atoms. The maximum atomic E-state index is 12.4. The van der Waals surface area contributed by atoms with Gasteiger partial charge >= 0.3 is 0 Å². The zero-order valence-electron chi connectivity index (χ0n) is 13.9. The molecule has 7 unspecified atom stereocenters. The van der Waals surface area contributed by atoms with Crippen molar-refractivity contribution < 1.29 is 19.8 Å². The highest BCUT2D eigenvalue weighted by Gasteiger charge is 2.62. The van der Waals surface area contributed by atoms with E-state index in [-0.39, 0.29) is 35.2 Å². The lowest BCUT2D eigenvalue weighted by Gasteiger charge is -2.52. The van der Waals surface area contributed by atoms with Gasteiger partial charge in [0.25, 0.3) is 0 Å². The quantitative estimate of drug-likeness (QED) is 0.717. The van der Waals surface area contributed by atoms with E-state index >= 15 is 0 Å². The first kappa shape index (κ1) is 15.5. The van der Waals surface area contributed by atoms with Gasteiger partial charge in [0.1, 0.15) is 5.78 Å². The maximum Gasteiger partial charge on any atom is 0.156 e. The summed E-state index contributed by atoms with van der Waals surface area (Å²) in [4.78, 5) is 24.2. The molecule has 0 bridgehead atoms. The normalized spacial score (nSPS) is 52.5. The van der Waals surface area contributed by atoms with Crippen molar-refractivity contribution in [3.8, 4) is 0 Å². The van der Waals surface area contributed by atoms with E-state index in [2.05, 4.69) is 0 Å². The molecular weight excluding hydrogens is 292 g/mol. The first-order chi connectivity index (χ1) is 10.7. The second kappa shape index (κ2) is 4.76. The minimum atomic E-state index is -1.08. The molecule has 4 heteroatoms. The molecule has 7 atom stereocenters. The van der Waals surface area contributed by atoms with Gasteiger partial charge in [0, 0.05) is 30.1 Å². The average Bonchev–Trinajstić information content (AvgIpc) is 2.94. The summed E-state index contributed by atoms with van der Waals surface area (Å²) in [6.07, 6.45) is 5.00. The highest BCUT2D eigenvalue weighted by molar-refractivity contribution is 5.93. The van der Waals surface area contributed by atoms with Gasteiger partial charge in [-0.05, 0) is 50.5 Å². The van der Waals surface area contributed by atoms with Gasteiger partial charge in [0.05, 0.1) is 11.7 Å². The van der Waals surface area contributed by atoms with Crippen molar-refractivity contribution in [2.75, 3.05) is 0 Å². The van der Waals surface area contributed by atoms with Gasteiger partial charge in [0.2, 0.25) is 0 Å². The Hall–Kier alpha value is -1.00. The molecule has 3 fully saturated rings. The molecule has 0 aromatic heterocycles. The Labute approximate surface area is 137 Å². The molecule has 0 saturated heterocycles. The molecule has 4 rings (SSSR count). The summed E-state index contributed by atoms with van der Waals surface area (Å²) >= 11 is 0. The van der Waals surface area contributed by atoms with Crippen LogP contribution in [0.15, 0.2) is 11.6 Å². The fourth-order valence-corrected chi connectivity index (χ4v) is 6.44. The van der Waals surface area contributed by atoms with E-state index < -0.39 is 17.1 Å². The van der Waals surface area contributed by atoms with Gasteiger partial charge in [-0.2, -0.15) is 0 Å². The van der Waals surface area contributed by atoms with Crippen LogP contribution < -0.4 is 0 Å². The Balaban J connectivity index is 1.77. The van der Waals surface area contributed by atoms with Gasteiger partial charge in [-0.25, -0.2) is 0 Å². The van der Waals surface area contributed by atoms with Gasteiger partial charge in [-0.15, -0.1) is 0 Å². The number of carbonyl (C=O) groups excluding carboxylic acids is 2. The number of fused-ring (bicyclic) bond motifs is 4. The van der Waals surface area contributed by atoms with Crippen molar-refractivity contribution in [2.45, 2.75) is 64.1 Å². The monoisotopic (exact) mass is 318 g/mol. The molecule has 0 heterocycles. The van der Waals surface area contributed by atoms with Gasteiger partial charge in [-0.1, -0.05) is 12.5 Å². The minimum Gasteiger partial charge on any atom is -0.393 e. The lowest BCUT2D eigenvalue weighted by atomic mass is 9.54. The van der Waals surface area contributed by atoms with E-state index in [1.807, 2.05) is 6.92 Å². The minimum absolute atomic E-state index is 0.0925. The molecule has 0 aromatic rings. The number of hydrogen-bond donors (Lipinski definition) is 2. The van der Waals surface area contributed by atoms with Crippen LogP contribution in [0.1, 0.15) is 52.4 Å². The third kappa shape index (κ3) is 1.97. The summed E-state index contributed by atoms with van der Waals surface area (Å²) in [5.41, 5.74) is -0.459. The molecule has 0 radical (unpaired) electrons. The molecule has 0 amide bonds. The van der Waals surface area contributed by atoms with Gasteiger partial charge in [-0.3, -0.25) is 9.59 Å². The molecule has 4 aliphatic carbocycles. The molecule has 2 N–H and O–H groups in total. The number of allylic oxidation sites excluding steroid dienone is 1. The summed E-state index contributed by atoms with van der Waals surface area (Å²) in [6, 6.07) is 0. The molecule has 0 aliphatic heterocycles. The van der Waals surface area contributed by atoms with Gasteiger partial charge in [0.15, 0.2) is 5.78 Å². The predicted molar refractivity (Wildman–Crippen MR) is 84.5 cm³/mol. The van der Waals surface area contributed by atoms with Crippen LogP contribution in [0.2, 0.25) is 0 Å². The fourth-order valence-electron chi connectivity index (χ4n) is 6.44. The van der Waals surface area contributed by atoms with E-state index in [0.29, 0.717) is 19.3 Å². The molecule has 4 aliphatic rings. The number of Topliss-reactive ketones (excluding diaryl/α,β-unsaturated/α-hetero) is 1. The van der Waals surface area contributed by atoms with Crippen LogP contribution in [-0.2, 0) is 9.59 Å². The van der Waals surface area contributed by atoms with Crippen LogP contribution in [0.3, 0.4) is 0 Å². The Morgan fingerprint density at radius 1 is 1.17 bits per heavy atom.